The molecule has 6 nitrogen and oxygen atoms in total. The Balaban J connectivity index is 4.01. The van der Waals surface area contributed by atoms with Crippen LogP contribution >= 0.6 is 0 Å². The van der Waals surface area contributed by atoms with E-state index in [1.807, 2.05) is 0 Å². The summed E-state index contributed by atoms with van der Waals surface area (Å²) in [5.41, 5.74) is 0. The standard InChI is InChI=1S/C72H134O6/c1-4-7-10-13-16-18-20-22-24-26-28-30-32-33-34-35-36-37-38-39-40-42-43-45-47-49-51-53-56-59-62-65-71(74)77-68-69(67-76-70(73)64-61-58-55-15-12-9-6-3)78-72(75)66-63-60-57-54-52-50-48-46-44-41-31-29-27-25-23-21-19-17-14-11-8-5-2/h20,22,26,28,32-33,69H,4-19,21,23-25,27,29-31,34-68H2,1-3H3/b22-20-,28-26-,33-32-. The van der Waals surface area contributed by atoms with Gasteiger partial charge in [0.15, 0.2) is 6.10 Å². The van der Waals surface area contributed by atoms with Crippen LogP contribution in [0.25, 0.3) is 0 Å². The van der Waals surface area contributed by atoms with Crippen LogP contribution in [0.5, 0.6) is 0 Å². The second kappa shape index (κ2) is 67.1. The van der Waals surface area contributed by atoms with Gasteiger partial charge in [-0.05, 0) is 57.8 Å². The fourth-order valence-corrected chi connectivity index (χ4v) is 10.6. The van der Waals surface area contributed by atoms with E-state index in [1.165, 1.54) is 276 Å². The summed E-state index contributed by atoms with van der Waals surface area (Å²) in [4.78, 5) is 38.2. The van der Waals surface area contributed by atoms with E-state index < -0.39 is 6.10 Å². The molecule has 0 aliphatic heterocycles. The minimum absolute atomic E-state index is 0.0660. The van der Waals surface area contributed by atoms with Gasteiger partial charge < -0.3 is 14.2 Å². The molecule has 78 heavy (non-hydrogen) atoms. The minimum Gasteiger partial charge on any atom is -0.462 e. The average molecular weight is 1100 g/mol. The summed E-state index contributed by atoms with van der Waals surface area (Å²) in [6, 6.07) is 0. The summed E-state index contributed by atoms with van der Waals surface area (Å²) in [6.45, 7) is 6.66. The van der Waals surface area contributed by atoms with Crippen LogP contribution in [0.2, 0.25) is 0 Å². The zero-order valence-electron chi connectivity index (χ0n) is 52.7. The predicted molar refractivity (Wildman–Crippen MR) is 339 cm³/mol. The summed E-state index contributed by atoms with van der Waals surface area (Å²) in [7, 11) is 0. The predicted octanol–water partition coefficient (Wildman–Crippen LogP) is 23.9. The Bertz CT molecular complexity index is 1300. The molecule has 0 N–H and O–H groups in total. The number of carbonyl (C=O) groups is 3. The number of ether oxygens (including phenoxy) is 3. The summed E-state index contributed by atoms with van der Waals surface area (Å²) >= 11 is 0. The van der Waals surface area contributed by atoms with E-state index >= 15 is 0 Å². The van der Waals surface area contributed by atoms with Gasteiger partial charge in [-0.25, -0.2) is 0 Å². The van der Waals surface area contributed by atoms with Gasteiger partial charge >= 0.3 is 17.9 Å². The Morgan fingerprint density at radius 1 is 0.256 bits per heavy atom. The molecule has 0 rings (SSSR count). The molecule has 1 unspecified atom stereocenters. The third-order valence-corrected chi connectivity index (χ3v) is 15.9. The summed E-state index contributed by atoms with van der Waals surface area (Å²) in [5, 5.41) is 0. The molecule has 0 amide bonds. The van der Waals surface area contributed by atoms with Crippen LogP contribution in [0.4, 0.5) is 0 Å². The van der Waals surface area contributed by atoms with Crippen LogP contribution < -0.4 is 0 Å². The lowest BCUT2D eigenvalue weighted by atomic mass is 10.0. The van der Waals surface area contributed by atoms with Crippen molar-refractivity contribution >= 4 is 17.9 Å². The van der Waals surface area contributed by atoms with Gasteiger partial charge in [0.05, 0.1) is 0 Å². The van der Waals surface area contributed by atoms with Gasteiger partial charge in [0.25, 0.3) is 0 Å². The number of esters is 3. The molecular formula is C72H134O6. The van der Waals surface area contributed by atoms with Crippen molar-refractivity contribution < 1.29 is 28.6 Å². The normalized spacial score (nSPS) is 12.2. The topological polar surface area (TPSA) is 78.9 Å². The number of carbonyl (C=O) groups excluding carboxylic acids is 3. The van der Waals surface area contributed by atoms with Crippen molar-refractivity contribution in [3.8, 4) is 0 Å². The minimum atomic E-state index is -0.766. The quantitative estimate of drug-likeness (QED) is 0.0261. The number of allylic oxidation sites excluding steroid dienone is 6. The first-order valence-corrected chi connectivity index (χ1v) is 35.0. The highest BCUT2D eigenvalue weighted by atomic mass is 16.6. The van der Waals surface area contributed by atoms with Crippen molar-refractivity contribution in [3.05, 3.63) is 36.5 Å². The van der Waals surface area contributed by atoms with Crippen LogP contribution in [0, 0.1) is 0 Å². The Morgan fingerprint density at radius 2 is 0.462 bits per heavy atom. The summed E-state index contributed by atoms with van der Waals surface area (Å²) < 4.78 is 16.9. The Hall–Kier alpha value is -2.37. The van der Waals surface area contributed by atoms with Crippen molar-refractivity contribution in [2.24, 2.45) is 0 Å². The number of hydrogen-bond acceptors (Lipinski definition) is 6. The van der Waals surface area contributed by atoms with Crippen LogP contribution in [0.3, 0.4) is 0 Å². The van der Waals surface area contributed by atoms with Gasteiger partial charge in [-0.3, -0.25) is 14.4 Å². The van der Waals surface area contributed by atoms with Gasteiger partial charge in [0, 0.05) is 19.3 Å². The van der Waals surface area contributed by atoms with Crippen LogP contribution in [-0.2, 0) is 28.6 Å². The lowest BCUT2D eigenvalue weighted by Crippen LogP contribution is -2.30. The molecule has 458 valence electrons. The maximum atomic E-state index is 12.9. The average Bonchev–Trinajstić information content (AvgIpc) is 3.44. The highest BCUT2D eigenvalue weighted by Gasteiger charge is 2.19. The first kappa shape index (κ1) is 75.6. The largest absolute Gasteiger partial charge is 0.462 e. The SMILES string of the molecule is CCCCCCC/C=C\C/C=C\C/C=C\CCCCCCCCCCCCCCCCCCC(=O)OCC(COC(=O)CCCCCCCCC)OC(=O)CCCCCCCCCCCCCCCCCCCCCCCC. The fourth-order valence-electron chi connectivity index (χ4n) is 10.6. The van der Waals surface area contributed by atoms with Crippen LogP contribution in [0.1, 0.15) is 387 Å². The highest BCUT2D eigenvalue weighted by Crippen LogP contribution is 2.18. The van der Waals surface area contributed by atoms with Gasteiger partial charge in [-0.15, -0.1) is 0 Å². The Morgan fingerprint density at radius 3 is 0.718 bits per heavy atom. The number of hydrogen-bond donors (Lipinski definition) is 0. The lowest BCUT2D eigenvalue weighted by molar-refractivity contribution is -0.167. The molecule has 0 heterocycles. The monoisotopic (exact) mass is 1100 g/mol. The Labute approximate surface area is 486 Å². The van der Waals surface area contributed by atoms with E-state index in [4.69, 9.17) is 14.2 Å². The van der Waals surface area contributed by atoms with Crippen molar-refractivity contribution in [2.75, 3.05) is 13.2 Å². The fraction of sp³-hybridized carbons (Fsp3) is 0.875. The molecule has 0 aliphatic carbocycles. The Kier molecular flexibility index (Phi) is 65.1. The van der Waals surface area contributed by atoms with E-state index in [2.05, 4.69) is 57.2 Å². The number of rotatable bonds is 65. The highest BCUT2D eigenvalue weighted by molar-refractivity contribution is 5.71. The molecule has 6 heteroatoms. The van der Waals surface area contributed by atoms with Gasteiger partial charge in [0.1, 0.15) is 13.2 Å². The maximum Gasteiger partial charge on any atom is 0.306 e. The first-order chi connectivity index (χ1) is 38.5. The molecular weight excluding hydrogens is 961 g/mol. The smallest absolute Gasteiger partial charge is 0.306 e. The molecule has 0 spiro atoms. The zero-order chi connectivity index (χ0) is 56.4. The van der Waals surface area contributed by atoms with Crippen molar-refractivity contribution in [1.29, 1.82) is 0 Å². The van der Waals surface area contributed by atoms with Crippen molar-refractivity contribution in [2.45, 2.75) is 393 Å². The van der Waals surface area contributed by atoms with E-state index in [0.717, 1.165) is 70.6 Å². The maximum absolute atomic E-state index is 12.9. The zero-order valence-corrected chi connectivity index (χ0v) is 52.7. The van der Waals surface area contributed by atoms with E-state index in [9.17, 15) is 14.4 Å². The van der Waals surface area contributed by atoms with Crippen LogP contribution in [-0.4, -0.2) is 37.2 Å². The van der Waals surface area contributed by atoms with Gasteiger partial charge in [0.2, 0.25) is 0 Å². The molecule has 0 bridgehead atoms. The van der Waals surface area contributed by atoms with Crippen molar-refractivity contribution in [3.63, 3.8) is 0 Å². The molecule has 0 radical (unpaired) electrons. The molecule has 0 fully saturated rings. The third-order valence-electron chi connectivity index (χ3n) is 15.9. The molecule has 1 atom stereocenters. The van der Waals surface area contributed by atoms with Gasteiger partial charge in [-0.2, -0.15) is 0 Å². The molecule has 0 saturated heterocycles. The third kappa shape index (κ3) is 64.5. The number of unbranched alkanes of at least 4 members (excludes halogenated alkanes) is 48. The molecule has 0 aliphatic rings. The summed E-state index contributed by atoms with van der Waals surface area (Å²) in [6.07, 6.45) is 83.5. The lowest BCUT2D eigenvalue weighted by Gasteiger charge is -2.18. The van der Waals surface area contributed by atoms with E-state index in [0.29, 0.717) is 19.3 Å². The summed E-state index contributed by atoms with van der Waals surface area (Å²) in [5.74, 6) is -0.846. The second-order valence-electron chi connectivity index (χ2n) is 23.8. The first-order valence-electron chi connectivity index (χ1n) is 35.0. The van der Waals surface area contributed by atoms with Crippen LogP contribution in [0.15, 0.2) is 36.5 Å². The van der Waals surface area contributed by atoms with Crippen molar-refractivity contribution in [1.82, 2.24) is 0 Å². The van der Waals surface area contributed by atoms with E-state index in [1.54, 1.807) is 0 Å². The molecule has 0 aromatic heterocycles. The van der Waals surface area contributed by atoms with E-state index in [-0.39, 0.29) is 31.1 Å². The molecule has 0 aromatic carbocycles. The molecule has 0 aromatic rings. The molecule has 0 saturated carbocycles. The van der Waals surface area contributed by atoms with Gasteiger partial charge in [-0.1, -0.05) is 346 Å². The second-order valence-corrected chi connectivity index (χ2v) is 23.8.